The lowest BCUT2D eigenvalue weighted by atomic mass is 10.1. The quantitative estimate of drug-likeness (QED) is 0.785. The van der Waals surface area contributed by atoms with E-state index in [-0.39, 0.29) is 0 Å². The molecule has 2 N–H and O–H groups in total. The minimum atomic E-state index is 0.533. The third-order valence-electron chi connectivity index (χ3n) is 3.18. The smallest absolute Gasteiger partial charge is 0.227 e. The highest BCUT2D eigenvalue weighted by Crippen LogP contribution is 2.23. The molecule has 0 spiro atoms. The molecule has 0 aliphatic carbocycles. The summed E-state index contributed by atoms with van der Waals surface area (Å²) in [6.45, 7) is 4.22. The summed E-state index contributed by atoms with van der Waals surface area (Å²) in [5.74, 6) is 1.90. The van der Waals surface area contributed by atoms with Gasteiger partial charge in [0.15, 0.2) is 0 Å². The van der Waals surface area contributed by atoms with Crippen molar-refractivity contribution in [3.8, 4) is 0 Å². The van der Waals surface area contributed by atoms with Gasteiger partial charge in [-0.25, -0.2) is 4.98 Å². The number of aromatic nitrogens is 2. The molecule has 5 heteroatoms. The molecule has 0 radical (unpaired) electrons. The van der Waals surface area contributed by atoms with Crippen molar-refractivity contribution in [1.82, 2.24) is 14.9 Å². The van der Waals surface area contributed by atoms with Gasteiger partial charge in [0.2, 0.25) is 5.95 Å². The van der Waals surface area contributed by atoms with Gasteiger partial charge in [-0.05, 0) is 26.1 Å². The SMILES string of the molecule is CC1CN(c2nccc(N)n2)CC1N(C)C. The average molecular weight is 221 g/mol. The summed E-state index contributed by atoms with van der Waals surface area (Å²) >= 11 is 0. The number of nitrogens with two attached hydrogens (primary N) is 1. The Morgan fingerprint density at radius 1 is 1.44 bits per heavy atom. The normalized spacial score (nSPS) is 25.4. The predicted octanol–water partition coefficient (Wildman–Crippen LogP) is 0.445. The van der Waals surface area contributed by atoms with Crippen molar-refractivity contribution in [2.24, 2.45) is 5.92 Å². The second-order valence-electron chi connectivity index (χ2n) is 4.69. The van der Waals surface area contributed by atoms with Crippen LogP contribution in [-0.2, 0) is 0 Å². The number of hydrogen-bond acceptors (Lipinski definition) is 5. The summed E-state index contributed by atoms with van der Waals surface area (Å²) < 4.78 is 0. The first-order valence-corrected chi connectivity index (χ1v) is 5.58. The van der Waals surface area contributed by atoms with Crippen molar-refractivity contribution in [2.75, 3.05) is 37.8 Å². The highest BCUT2D eigenvalue weighted by molar-refractivity contribution is 5.39. The van der Waals surface area contributed by atoms with Crippen LogP contribution in [0.15, 0.2) is 12.3 Å². The van der Waals surface area contributed by atoms with Crippen LogP contribution >= 0.6 is 0 Å². The van der Waals surface area contributed by atoms with Crippen LogP contribution in [0.4, 0.5) is 11.8 Å². The molecule has 2 rings (SSSR count). The van der Waals surface area contributed by atoms with Crippen LogP contribution in [0.2, 0.25) is 0 Å². The Kier molecular flexibility index (Phi) is 2.96. The van der Waals surface area contributed by atoms with Gasteiger partial charge in [-0.1, -0.05) is 6.92 Å². The Morgan fingerprint density at radius 3 is 2.75 bits per heavy atom. The molecule has 1 saturated heterocycles. The average Bonchev–Trinajstić information content (AvgIpc) is 2.60. The molecule has 2 heterocycles. The minimum absolute atomic E-state index is 0.533. The van der Waals surface area contributed by atoms with Gasteiger partial charge in [-0.2, -0.15) is 4.98 Å². The maximum atomic E-state index is 5.67. The van der Waals surface area contributed by atoms with Crippen molar-refractivity contribution >= 4 is 11.8 Å². The van der Waals surface area contributed by atoms with Crippen molar-refractivity contribution in [2.45, 2.75) is 13.0 Å². The second kappa shape index (κ2) is 4.25. The van der Waals surface area contributed by atoms with E-state index in [1.807, 2.05) is 0 Å². The molecule has 1 aliphatic rings. The number of nitrogens with zero attached hydrogens (tertiary/aromatic N) is 4. The third kappa shape index (κ3) is 2.09. The number of anilines is 2. The molecule has 0 saturated carbocycles. The zero-order chi connectivity index (χ0) is 11.7. The summed E-state index contributed by atoms with van der Waals surface area (Å²) in [6.07, 6.45) is 1.71. The van der Waals surface area contributed by atoms with Crippen molar-refractivity contribution in [3.63, 3.8) is 0 Å². The lowest BCUT2D eigenvalue weighted by Crippen LogP contribution is -2.34. The van der Waals surface area contributed by atoms with E-state index in [4.69, 9.17) is 5.73 Å². The van der Waals surface area contributed by atoms with Crippen LogP contribution in [0, 0.1) is 5.92 Å². The van der Waals surface area contributed by atoms with Crippen LogP contribution < -0.4 is 10.6 Å². The maximum absolute atomic E-state index is 5.67. The van der Waals surface area contributed by atoms with Gasteiger partial charge in [0.25, 0.3) is 0 Å². The molecular weight excluding hydrogens is 202 g/mol. The van der Waals surface area contributed by atoms with Gasteiger partial charge in [-0.15, -0.1) is 0 Å². The molecule has 2 unspecified atom stereocenters. The van der Waals surface area contributed by atoms with Gasteiger partial charge in [0.05, 0.1) is 0 Å². The van der Waals surface area contributed by atoms with Crippen molar-refractivity contribution in [3.05, 3.63) is 12.3 Å². The van der Waals surface area contributed by atoms with Crippen LogP contribution in [0.25, 0.3) is 0 Å². The largest absolute Gasteiger partial charge is 0.384 e. The van der Waals surface area contributed by atoms with E-state index in [1.165, 1.54) is 0 Å². The fourth-order valence-electron chi connectivity index (χ4n) is 2.30. The Hall–Kier alpha value is -1.36. The van der Waals surface area contributed by atoms with Crippen molar-refractivity contribution < 1.29 is 0 Å². The summed E-state index contributed by atoms with van der Waals surface area (Å²) in [5, 5.41) is 0. The number of likely N-dealkylation sites (N-methyl/N-ethyl adjacent to an activating group) is 1. The van der Waals surface area contributed by atoms with Gasteiger partial charge < -0.3 is 15.5 Å². The van der Waals surface area contributed by atoms with Crippen LogP contribution in [0.1, 0.15) is 6.92 Å². The topological polar surface area (TPSA) is 58.3 Å². The number of nitrogen functional groups attached to an aromatic ring is 1. The van der Waals surface area contributed by atoms with E-state index >= 15 is 0 Å². The fourth-order valence-corrected chi connectivity index (χ4v) is 2.30. The summed E-state index contributed by atoms with van der Waals surface area (Å²) in [5.41, 5.74) is 5.67. The Morgan fingerprint density at radius 2 is 2.19 bits per heavy atom. The Bertz CT molecular complexity index is 365. The summed E-state index contributed by atoms with van der Waals surface area (Å²) in [6, 6.07) is 2.27. The highest BCUT2D eigenvalue weighted by atomic mass is 15.3. The molecular formula is C11H19N5. The Balaban J connectivity index is 2.13. The van der Waals surface area contributed by atoms with E-state index in [9.17, 15) is 0 Å². The Labute approximate surface area is 96.3 Å². The van der Waals surface area contributed by atoms with E-state index in [1.54, 1.807) is 12.3 Å². The molecule has 0 amide bonds. The zero-order valence-corrected chi connectivity index (χ0v) is 10.1. The molecule has 1 aromatic rings. The molecule has 1 aliphatic heterocycles. The van der Waals surface area contributed by atoms with E-state index in [0.717, 1.165) is 19.0 Å². The van der Waals surface area contributed by atoms with Gasteiger partial charge in [0.1, 0.15) is 5.82 Å². The summed E-state index contributed by atoms with van der Waals surface area (Å²) in [4.78, 5) is 13.0. The van der Waals surface area contributed by atoms with Crippen LogP contribution in [0.5, 0.6) is 0 Å². The molecule has 2 atom stereocenters. The standard InChI is InChI=1S/C11H19N5/c1-8-6-16(7-9(8)15(2)3)11-13-5-4-10(12)14-11/h4-5,8-9H,6-7H2,1-3H3,(H2,12,13,14). The van der Waals surface area contributed by atoms with Crippen LogP contribution in [-0.4, -0.2) is 48.1 Å². The summed E-state index contributed by atoms with van der Waals surface area (Å²) in [7, 11) is 4.23. The van der Waals surface area contributed by atoms with Gasteiger partial charge in [0, 0.05) is 25.3 Å². The first kappa shape index (κ1) is 11.1. The second-order valence-corrected chi connectivity index (χ2v) is 4.69. The number of rotatable bonds is 2. The highest BCUT2D eigenvalue weighted by Gasteiger charge is 2.32. The first-order valence-electron chi connectivity index (χ1n) is 5.58. The molecule has 0 bridgehead atoms. The molecule has 5 nitrogen and oxygen atoms in total. The predicted molar refractivity (Wildman–Crippen MR) is 65.3 cm³/mol. The van der Waals surface area contributed by atoms with E-state index < -0.39 is 0 Å². The van der Waals surface area contributed by atoms with Crippen LogP contribution in [0.3, 0.4) is 0 Å². The van der Waals surface area contributed by atoms with Crippen molar-refractivity contribution in [1.29, 1.82) is 0 Å². The lowest BCUT2D eigenvalue weighted by molar-refractivity contribution is 0.266. The molecule has 0 aromatic carbocycles. The van der Waals surface area contributed by atoms with Gasteiger partial charge >= 0.3 is 0 Å². The maximum Gasteiger partial charge on any atom is 0.227 e. The van der Waals surface area contributed by atoms with E-state index in [2.05, 4.69) is 40.8 Å². The molecule has 88 valence electrons. The zero-order valence-electron chi connectivity index (χ0n) is 10.1. The molecule has 1 aromatic heterocycles. The fraction of sp³-hybridized carbons (Fsp3) is 0.636. The molecule has 1 fully saturated rings. The first-order chi connectivity index (χ1) is 7.58. The van der Waals surface area contributed by atoms with Gasteiger partial charge in [-0.3, -0.25) is 0 Å². The number of hydrogen-bond donors (Lipinski definition) is 1. The monoisotopic (exact) mass is 221 g/mol. The minimum Gasteiger partial charge on any atom is -0.384 e. The van der Waals surface area contributed by atoms with E-state index in [0.29, 0.717) is 17.8 Å². The third-order valence-corrected chi connectivity index (χ3v) is 3.18. The molecule has 16 heavy (non-hydrogen) atoms. The lowest BCUT2D eigenvalue weighted by Gasteiger charge is -2.22.